The van der Waals surface area contributed by atoms with E-state index < -0.39 is 15.9 Å². The van der Waals surface area contributed by atoms with Crippen LogP contribution in [-0.4, -0.2) is 36.3 Å². The molecule has 0 atom stereocenters. The van der Waals surface area contributed by atoms with Crippen molar-refractivity contribution in [2.45, 2.75) is 5.03 Å². The molecule has 4 N–H and O–H groups in total. The molecule has 0 aromatic carbocycles. The van der Waals surface area contributed by atoms with Crippen LogP contribution in [0.2, 0.25) is 0 Å². The molecule has 0 aliphatic carbocycles. The van der Waals surface area contributed by atoms with Crippen LogP contribution in [0.3, 0.4) is 0 Å². The van der Waals surface area contributed by atoms with Crippen LogP contribution in [0.1, 0.15) is 10.5 Å². The van der Waals surface area contributed by atoms with Crippen LogP contribution in [0, 0.1) is 0 Å². The number of hydrogen-bond donors (Lipinski definition) is 3. The predicted molar refractivity (Wildman–Crippen MR) is 73.2 cm³/mol. The maximum absolute atomic E-state index is 11.6. The number of rotatable bonds is 4. The van der Waals surface area contributed by atoms with Gasteiger partial charge in [-0.25, -0.2) is 29.0 Å². The minimum Gasteiger partial charge on any atom is -0.289 e. The fraction of sp³-hybridized carbons (Fsp3) is 0.0909. The van der Waals surface area contributed by atoms with Crippen molar-refractivity contribution in [1.82, 2.24) is 25.1 Å². The quantitative estimate of drug-likeness (QED) is 0.376. The number of hydrogen-bond acceptors (Lipinski definition) is 7. The first kappa shape index (κ1) is 15.0. The number of nitrogens with two attached hydrogens (primary N) is 1. The molecule has 2 aromatic heterocycles. The SMILES string of the molecule is CNS(=O)(=O)c1ccc(-c2cncc(C(=O)NN)n2)cn1. The van der Waals surface area contributed by atoms with Crippen molar-refractivity contribution in [2.24, 2.45) is 5.84 Å². The van der Waals surface area contributed by atoms with Gasteiger partial charge in [0.25, 0.3) is 15.9 Å². The number of carbonyl (C=O) groups excluding carboxylic acids is 1. The number of aromatic nitrogens is 3. The molecular weight excluding hydrogens is 296 g/mol. The third-order valence-corrected chi connectivity index (χ3v) is 3.90. The Morgan fingerprint density at radius 1 is 1.24 bits per heavy atom. The fourth-order valence-electron chi connectivity index (χ4n) is 1.48. The van der Waals surface area contributed by atoms with Gasteiger partial charge in [0.1, 0.15) is 5.69 Å². The van der Waals surface area contributed by atoms with Crippen molar-refractivity contribution in [2.75, 3.05) is 7.05 Å². The highest BCUT2D eigenvalue weighted by atomic mass is 32.2. The summed E-state index contributed by atoms with van der Waals surface area (Å²) in [5.41, 5.74) is 2.89. The zero-order valence-corrected chi connectivity index (χ0v) is 11.8. The monoisotopic (exact) mass is 308 g/mol. The number of nitrogen functional groups attached to an aromatic ring is 1. The zero-order valence-electron chi connectivity index (χ0n) is 10.9. The number of nitrogens with one attached hydrogen (secondary N) is 2. The molecular formula is C11H12N6O3S. The van der Waals surface area contributed by atoms with Crippen LogP contribution in [0.4, 0.5) is 0 Å². The lowest BCUT2D eigenvalue weighted by molar-refractivity contribution is 0.0948. The largest absolute Gasteiger partial charge is 0.289 e. The first-order chi connectivity index (χ1) is 9.97. The molecule has 0 unspecified atom stereocenters. The summed E-state index contributed by atoms with van der Waals surface area (Å²) < 4.78 is 25.3. The Balaban J connectivity index is 2.38. The van der Waals surface area contributed by atoms with E-state index in [0.29, 0.717) is 11.3 Å². The summed E-state index contributed by atoms with van der Waals surface area (Å²) in [6.45, 7) is 0. The second-order valence-electron chi connectivity index (χ2n) is 3.86. The van der Waals surface area contributed by atoms with E-state index in [1.807, 2.05) is 5.43 Å². The number of amides is 1. The molecule has 2 rings (SSSR count). The summed E-state index contributed by atoms with van der Waals surface area (Å²) in [7, 11) is -2.30. The maximum atomic E-state index is 11.6. The highest BCUT2D eigenvalue weighted by Gasteiger charge is 2.14. The molecule has 0 spiro atoms. The van der Waals surface area contributed by atoms with E-state index in [1.165, 1.54) is 37.8 Å². The average Bonchev–Trinajstić information content (AvgIpc) is 2.54. The maximum Gasteiger partial charge on any atom is 0.285 e. The molecule has 21 heavy (non-hydrogen) atoms. The Morgan fingerprint density at radius 2 is 2.00 bits per heavy atom. The molecule has 0 saturated carbocycles. The topological polar surface area (TPSA) is 140 Å². The molecule has 10 heteroatoms. The van der Waals surface area contributed by atoms with E-state index in [9.17, 15) is 13.2 Å². The Bertz CT molecular complexity index is 760. The summed E-state index contributed by atoms with van der Waals surface area (Å²) in [5.74, 6) is 4.45. The minimum atomic E-state index is -3.60. The van der Waals surface area contributed by atoms with E-state index in [0.717, 1.165) is 0 Å². The number of hydrazine groups is 1. The molecule has 0 aliphatic heterocycles. The van der Waals surface area contributed by atoms with Gasteiger partial charge in [0, 0.05) is 11.8 Å². The van der Waals surface area contributed by atoms with E-state index >= 15 is 0 Å². The van der Waals surface area contributed by atoms with Gasteiger partial charge in [0.15, 0.2) is 5.03 Å². The zero-order chi connectivity index (χ0) is 15.5. The summed E-state index contributed by atoms with van der Waals surface area (Å²) in [4.78, 5) is 23.2. The fourth-order valence-corrected chi connectivity index (χ4v) is 2.13. The van der Waals surface area contributed by atoms with Crippen LogP contribution in [0.25, 0.3) is 11.3 Å². The lowest BCUT2D eigenvalue weighted by Crippen LogP contribution is -2.30. The molecule has 9 nitrogen and oxygen atoms in total. The van der Waals surface area contributed by atoms with Gasteiger partial charge >= 0.3 is 0 Å². The molecule has 0 radical (unpaired) electrons. The van der Waals surface area contributed by atoms with Crippen LogP contribution in [-0.2, 0) is 10.0 Å². The van der Waals surface area contributed by atoms with E-state index in [-0.39, 0.29) is 10.7 Å². The predicted octanol–water partition coefficient (Wildman–Crippen LogP) is -0.950. The molecule has 0 fully saturated rings. The number of sulfonamides is 1. The first-order valence-electron chi connectivity index (χ1n) is 5.71. The Hall–Kier alpha value is -2.43. The standard InChI is InChI=1S/C11H12N6O3S/c1-13-21(19,20)10-3-2-7(4-15-10)8-5-14-6-9(16-8)11(18)17-12/h2-6,13H,12H2,1H3,(H,17,18). The van der Waals surface area contributed by atoms with Crippen molar-refractivity contribution in [1.29, 1.82) is 0 Å². The number of carbonyl (C=O) groups is 1. The lowest BCUT2D eigenvalue weighted by Gasteiger charge is -2.04. The molecule has 0 aliphatic rings. The molecule has 0 bridgehead atoms. The second kappa shape index (κ2) is 5.91. The Kier molecular flexibility index (Phi) is 4.21. The number of nitrogens with zero attached hydrogens (tertiary/aromatic N) is 3. The molecule has 2 heterocycles. The highest BCUT2D eigenvalue weighted by molar-refractivity contribution is 7.89. The van der Waals surface area contributed by atoms with Crippen LogP contribution in [0.5, 0.6) is 0 Å². The van der Waals surface area contributed by atoms with Crippen LogP contribution < -0.4 is 16.0 Å². The molecule has 0 saturated heterocycles. The van der Waals surface area contributed by atoms with Crippen molar-refractivity contribution >= 4 is 15.9 Å². The third kappa shape index (κ3) is 3.18. The van der Waals surface area contributed by atoms with Crippen molar-refractivity contribution < 1.29 is 13.2 Å². The summed E-state index contributed by atoms with van der Waals surface area (Å²) >= 11 is 0. The Morgan fingerprint density at radius 3 is 2.57 bits per heavy atom. The third-order valence-electron chi connectivity index (χ3n) is 2.57. The van der Waals surface area contributed by atoms with E-state index in [2.05, 4.69) is 19.7 Å². The van der Waals surface area contributed by atoms with Crippen molar-refractivity contribution in [3.8, 4) is 11.3 Å². The summed E-state index contributed by atoms with van der Waals surface area (Å²) in [5, 5.41) is -0.113. The van der Waals surface area contributed by atoms with Gasteiger partial charge in [-0.3, -0.25) is 15.2 Å². The normalized spacial score (nSPS) is 11.1. The van der Waals surface area contributed by atoms with Gasteiger partial charge < -0.3 is 0 Å². The van der Waals surface area contributed by atoms with Crippen molar-refractivity contribution in [3.05, 3.63) is 36.4 Å². The van der Waals surface area contributed by atoms with Gasteiger partial charge in [-0.05, 0) is 19.2 Å². The first-order valence-corrected chi connectivity index (χ1v) is 7.19. The highest BCUT2D eigenvalue weighted by Crippen LogP contribution is 2.16. The van der Waals surface area contributed by atoms with Gasteiger partial charge in [-0.1, -0.05) is 0 Å². The molecule has 2 aromatic rings. The van der Waals surface area contributed by atoms with Gasteiger partial charge in [-0.15, -0.1) is 0 Å². The Labute approximate surface area is 120 Å². The van der Waals surface area contributed by atoms with E-state index in [4.69, 9.17) is 5.84 Å². The molecule has 110 valence electrons. The summed E-state index contributed by atoms with van der Waals surface area (Å²) in [6, 6.07) is 2.85. The summed E-state index contributed by atoms with van der Waals surface area (Å²) in [6.07, 6.45) is 4.02. The van der Waals surface area contributed by atoms with E-state index in [1.54, 1.807) is 0 Å². The smallest absolute Gasteiger partial charge is 0.285 e. The average molecular weight is 308 g/mol. The minimum absolute atomic E-state index is 0.0434. The van der Waals surface area contributed by atoms with Crippen LogP contribution in [0.15, 0.2) is 35.7 Å². The molecule has 1 amide bonds. The van der Waals surface area contributed by atoms with Crippen LogP contribution >= 0.6 is 0 Å². The van der Waals surface area contributed by atoms with Gasteiger partial charge in [0.05, 0.1) is 18.1 Å². The second-order valence-corrected chi connectivity index (χ2v) is 5.69. The van der Waals surface area contributed by atoms with Crippen molar-refractivity contribution in [3.63, 3.8) is 0 Å². The van der Waals surface area contributed by atoms with Gasteiger partial charge in [-0.2, -0.15) is 0 Å². The van der Waals surface area contributed by atoms with Gasteiger partial charge in [0.2, 0.25) is 0 Å². The lowest BCUT2D eigenvalue weighted by atomic mass is 10.2. The number of pyridine rings is 1.